The Balaban J connectivity index is 5.20. The lowest BCUT2D eigenvalue weighted by Crippen LogP contribution is -2.47. The fourth-order valence-electron chi connectivity index (χ4n) is 9.56. The maximum Gasteiger partial charge on any atom is 0.472 e. The maximum absolute atomic E-state index is 13.5. The molecule has 0 saturated carbocycles. The van der Waals surface area contributed by atoms with Gasteiger partial charge in [-0.2, -0.15) is 0 Å². The van der Waals surface area contributed by atoms with Crippen LogP contribution in [0, 0.1) is 0 Å². The van der Waals surface area contributed by atoms with E-state index in [9.17, 15) is 19.0 Å². The van der Waals surface area contributed by atoms with Crippen molar-refractivity contribution < 1.29 is 37.3 Å². The summed E-state index contributed by atoms with van der Waals surface area (Å²) in [6.07, 6.45) is 67.0. The van der Waals surface area contributed by atoms with E-state index < -0.39 is 20.0 Å². The lowest BCUT2D eigenvalue weighted by molar-refractivity contribution is -0.870. The van der Waals surface area contributed by atoms with Crippen molar-refractivity contribution in [2.45, 2.75) is 328 Å². The quantitative estimate of drug-likeness (QED) is 0.0205. The first-order chi connectivity index (χ1) is 36.4. The number of allylic oxidation sites excluding steroid dienone is 5. The van der Waals surface area contributed by atoms with Crippen molar-refractivity contribution in [1.29, 1.82) is 0 Å². The second-order valence-electron chi connectivity index (χ2n) is 23.3. The summed E-state index contributed by atoms with van der Waals surface area (Å²) in [4.78, 5) is 37.8. The van der Waals surface area contributed by atoms with Crippen LogP contribution in [0.2, 0.25) is 0 Å². The molecule has 9 nitrogen and oxygen atoms in total. The number of amides is 1. The van der Waals surface area contributed by atoms with E-state index in [0.29, 0.717) is 23.9 Å². The third-order valence-electron chi connectivity index (χ3n) is 14.6. The fraction of sp³-hybridized carbons (Fsp3) is 0.877. The monoisotopic (exact) mass is 1080 g/mol. The molecular weight excluding hydrogens is 952 g/mol. The zero-order valence-electron chi connectivity index (χ0n) is 50.6. The second kappa shape index (κ2) is 55.5. The first kappa shape index (κ1) is 73.2. The van der Waals surface area contributed by atoms with Crippen molar-refractivity contribution in [2.75, 3.05) is 40.9 Å². The van der Waals surface area contributed by atoms with Gasteiger partial charge in [0.05, 0.1) is 33.8 Å². The molecule has 0 bridgehead atoms. The second-order valence-corrected chi connectivity index (χ2v) is 24.7. The van der Waals surface area contributed by atoms with E-state index in [1.54, 1.807) is 0 Å². The van der Waals surface area contributed by atoms with Gasteiger partial charge in [0.15, 0.2) is 0 Å². The normalized spacial score (nSPS) is 13.9. The molecule has 0 aliphatic carbocycles. The minimum Gasteiger partial charge on any atom is -0.456 e. The lowest BCUT2D eigenvalue weighted by Gasteiger charge is -2.27. The van der Waals surface area contributed by atoms with Gasteiger partial charge in [-0.25, -0.2) is 4.57 Å². The average molecular weight is 1080 g/mol. The lowest BCUT2D eigenvalue weighted by atomic mass is 10.0. The van der Waals surface area contributed by atoms with Crippen molar-refractivity contribution in [1.82, 2.24) is 5.32 Å². The summed E-state index contributed by atoms with van der Waals surface area (Å²) in [5.74, 6) is -0.492. The molecule has 0 aliphatic rings. The summed E-state index contributed by atoms with van der Waals surface area (Å²) in [6, 6.07) is -0.844. The van der Waals surface area contributed by atoms with Gasteiger partial charge in [0, 0.05) is 12.8 Å². The number of rotatable bonds is 59. The van der Waals surface area contributed by atoms with Gasteiger partial charge < -0.3 is 19.4 Å². The van der Waals surface area contributed by atoms with Crippen LogP contribution in [-0.4, -0.2) is 74.3 Å². The Bertz CT molecular complexity index is 1380. The maximum atomic E-state index is 13.5. The summed E-state index contributed by atoms with van der Waals surface area (Å²) in [6.45, 7) is 7.03. The molecule has 0 aromatic carbocycles. The number of likely N-dealkylation sites (N-methyl/N-ethyl adjacent to an activating group) is 1. The topological polar surface area (TPSA) is 111 Å². The van der Waals surface area contributed by atoms with E-state index in [-0.39, 0.29) is 25.1 Å². The van der Waals surface area contributed by atoms with E-state index in [0.717, 1.165) is 64.2 Å². The van der Waals surface area contributed by atoms with Gasteiger partial charge in [0.25, 0.3) is 0 Å². The van der Waals surface area contributed by atoms with Crippen LogP contribution in [-0.2, 0) is 27.9 Å². The highest BCUT2D eigenvalue weighted by molar-refractivity contribution is 7.47. The summed E-state index contributed by atoms with van der Waals surface area (Å²) >= 11 is 0. The van der Waals surface area contributed by atoms with Crippen LogP contribution < -0.4 is 5.32 Å². The molecule has 442 valence electrons. The Hall–Kier alpha value is -1.77. The van der Waals surface area contributed by atoms with Gasteiger partial charge in [-0.05, 0) is 63.9 Å². The standard InChI is InChI=1S/C65H125N2O7P/c1-7-10-13-16-19-22-25-28-30-31-32-33-34-35-37-40-43-46-49-52-55-58-65(69)74-63(56-53-50-47-44-41-38-27-24-21-18-15-12-9-3)62(61-73-75(70,71)72-60-59-67(4,5)6)66-64(68)57-54-51-48-45-42-39-36-29-26-23-20-17-14-11-8-2/h19,22,28,30,53,56,62-63H,7-18,20-21,23-27,29,31-52,54-55,57-61H2,1-6H3,(H-,66,68,70,71)/p+1/b22-19-,30-28-,56-53+. The van der Waals surface area contributed by atoms with Crippen molar-refractivity contribution in [3.8, 4) is 0 Å². The van der Waals surface area contributed by atoms with Gasteiger partial charge in [0.2, 0.25) is 5.91 Å². The highest BCUT2D eigenvalue weighted by atomic mass is 31.2. The Morgan fingerprint density at radius 3 is 1.23 bits per heavy atom. The van der Waals surface area contributed by atoms with E-state index in [2.05, 4.69) is 50.4 Å². The molecule has 3 unspecified atom stereocenters. The van der Waals surface area contributed by atoms with Crippen LogP contribution in [0.3, 0.4) is 0 Å². The smallest absolute Gasteiger partial charge is 0.456 e. The van der Waals surface area contributed by atoms with Crippen molar-refractivity contribution in [3.05, 3.63) is 36.5 Å². The Kier molecular flexibility index (Phi) is 54.2. The number of carbonyl (C=O) groups excluding carboxylic acids is 2. The molecule has 2 N–H and O–H groups in total. The highest BCUT2D eigenvalue weighted by Gasteiger charge is 2.30. The molecule has 1 amide bonds. The van der Waals surface area contributed by atoms with Gasteiger partial charge >= 0.3 is 13.8 Å². The number of nitrogens with one attached hydrogen (secondary N) is 1. The molecule has 0 heterocycles. The van der Waals surface area contributed by atoms with Crippen LogP contribution in [0.15, 0.2) is 36.5 Å². The van der Waals surface area contributed by atoms with Gasteiger partial charge in [-0.15, -0.1) is 0 Å². The average Bonchev–Trinajstić information content (AvgIpc) is 3.37. The Morgan fingerprint density at radius 1 is 0.467 bits per heavy atom. The van der Waals surface area contributed by atoms with E-state index in [1.807, 2.05) is 33.3 Å². The largest absolute Gasteiger partial charge is 0.472 e. The molecule has 0 saturated heterocycles. The molecular formula is C65H126N2O7P+. The number of phosphoric acid groups is 1. The summed E-state index contributed by atoms with van der Waals surface area (Å²) in [5, 5.41) is 3.07. The number of carbonyl (C=O) groups is 2. The molecule has 0 radical (unpaired) electrons. The number of phosphoric ester groups is 1. The van der Waals surface area contributed by atoms with E-state index in [4.69, 9.17) is 13.8 Å². The van der Waals surface area contributed by atoms with Gasteiger partial charge in [-0.1, -0.05) is 276 Å². The number of quaternary nitrogens is 1. The summed E-state index contributed by atoms with van der Waals surface area (Å²) < 4.78 is 30.7. The van der Waals surface area contributed by atoms with E-state index in [1.165, 1.54) is 218 Å². The molecule has 0 aromatic heterocycles. The zero-order chi connectivity index (χ0) is 55.0. The van der Waals surface area contributed by atoms with E-state index >= 15 is 0 Å². The minimum atomic E-state index is -4.44. The van der Waals surface area contributed by atoms with Crippen molar-refractivity contribution in [3.63, 3.8) is 0 Å². The number of esters is 1. The number of unbranched alkanes of at least 4 members (excludes halogenated alkanes) is 39. The van der Waals surface area contributed by atoms with Crippen LogP contribution in [0.5, 0.6) is 0 Å². The zero-order valence-corrected chi connectivity index (χ0v) is 51.5. The first-order valence-electron chi connectivity index (χ1n) is 32.3. The van der Waals surface area contributed by atoms with Crippen LogP contribution in [0.25, 0.3) is 0 Å². The third kappa shape index (κ3) is 56.8. The molecule has 75 heavy (non-hydrogen) atoms. The van der Waals surface area contributed by atoms with Crippen molar-refractivity contribution in [2.24, 2.45) is 0 Å². The number of ether oxygens (including phenoxy) is 1. The third-order valence-corrected chi connectivity index (χ3v) is 15.6. The van der Waals surface area contributed by atoms with Crippen molar-refractivity contribution >= 4 is 19.7 Å². The first-order valence-corrected chi connectivity index (χ1v) is 33.8. The molecule has 0 rings (SSSR count). The van der Waals surface area contributed by atoms with Crippen LogP contribution in [0.1, 0.15) is 316 Å². The SMILES string of the molecule is CCCCC/C=C\C/C=C\CCCCCCCCCCCCCC(=O)OC(/C=C/CCCCCCCCCCCCC)C(COP(=O)(O)OCC[N+](C)(C)C)NC(=O)CCCCCCCCCCCCCCCCC. The van der Waals surface area contributed by atoms with Crippen LogP contribution >= 0.6 is 7.82 Å². The van der Waals surface area contributed by atoms with Gasteiger partial charge in [-0.3, -0.25) is 18.6 Å². The molecule has 0 aromatic rings. The number of hydrogen-bond acceptors (Lipinski definition) is 6. The molecule has 0 spiro atoms. The predicted octanol–water partition coefficient (Wildman–Crippen LogP) is 19.9. The fourth-order valence-corrected chi connectivity index (χ4v) is 10.3. The number of hydrogen-bond donors (Lipinski definition) is 2. The molecule has 0 aliphatic heterocycles. The minimum absolute atomic E-state index is 0.0427. The molecule has 10 heteroatoms. The van der Waals surface area contributed by atoms with Gasteiger partial charge in [0.1, 0.15) is 19.3 Å². The molecule has 0 fully saturated rings. The number of nitrogens with zero attached hydrogens (tertiary/aromatic N) is 1. The Labute approximate surface area is 466 Å². The highest BCUT2D eigenvalue weighted by Crippen LogP contribution is 2.43. The summed E-state index contributed by atoms with van der Waals surface area (Å²) in [5.41, 5.74) is 0. The Morgan fingerprint density at radius 2 is 0.813 bits per heavy atom. The molecule has 3 atom stereocenters. The summed E-state index contributed by atoms with van der Waals surface area (Å²) in [7, 11) is 1.51. The predicted molar refractivity (Wildman–Crippen MR) is 323 cm³/mol. The van der Waals surface area contributed by atoms with Crippen LogP contribution in [0.4, 0.5) is 0 Å².